The van der Waals surface area contributed by atoms with Gasteiger partial charge in [0.05, 0.1) is 11.2 Å². The van der Waals surface area contributed by atoms with Gasteiger partial charge in [-0.3, -0.25) is 4.68 Å². The number of benzene rings is 1. The molecule has 86 valence electrons. The topological polar surface area (TPSA) is 74.5 Å². The Kier molecular flexibility index (Phi) is 1.91. The predicted molar refractivity (Wildman–Crippen MR) is 65.1 cm³/mol. The van der Waals surface area contributed by atoms with Crippen LogP contribution in [0.25, 0.3) is 22.3 Å². The molecule has 0 amide bonds. The van der Waals surface area contributed by atoms with Crippen LogP contribution >= 0.6 is 0 Å². The van der Waals surface area contributed by atoms with Crippen LogP contribution in [-0.4, -0.2) is 24.8 Å². The average molecular weight is 228 g/mol. The first-order valence-corrected chi connectivity index (χ1v) is 5.24. The fourth-order valence-electron chi connectivity index (χ4n) is 1.81. The van der Waals surface area contributed by atoms with E-state index in [1.165, 1.54) is 0 Å². The minimum atomic E-state index is 0.642. The van der Waals surface area contributed by atoms with Crippen molar-refractivity contribution in [3.8, 4) is 11.3 Å². The summed E-state index contributed by atoms with van der Waals surface area (Å²) in [6.45, 7) is 0. The standard InChI is InChI=1S/C11H12N6/c1-16-10-5-7(3-4-8(10)13-15-16)9-6-11(12)17(2)14-9/h3-6H,12H2,1-2H3. The Morgan fingerprint density at radius 2 is 1.94 bits per heavy atom. The van der Waals surface area contributed by atoms with Crippen molar-refractivity contribution in [3.63, 3.8) is 0 Å². The van der Waals surface area contributed by atoms with Gasteiger partial charge in [-0.1, -0.05) is 11.3 Å². The van der Waals surface area contributed by atoms with Crippen LogP contribution in [0.1, 0.15) is 0 Å². The second kappa shape index (κ2) is 3.31. The Balaban J connectivity index is 2.20. The maximum Gasteiger partial charge on any atom is 0.121 e. The number of nitrogen functional groups attached to an aromatic ring is 1. The quantitative estimate of drug-likeness (QED) is 0.673. The molecule has 1 aromatic carbocycles. The Morgan fingerprint density at radius 3 is 2.65 bits per heavy atom. The molecule has 0 bridgehead atoms. The maximum atomic E-state index is 5.77. The number of hydrogen-bond acceptors (Lipinski definition) is 4. The van der Waals surface area contributed by atoms with Gasteiger partial charge in [0, 0.05) is 25.7 Å². The lowest BCUT2D eigenvalue weighted by molar-refractivity contribution is 0.736. The van der Waals surface area contributed by atoms with E-state index in [2.05, 4.69) is 15.4 Å². The Morgan fingerprint density at radius 1 is 1.12 bits per heavy atom. The summed E-state index contributed by atoms with van der Waals surface area (Å²) in [5.74, 6) is 0.642. The number of fused-ring (bicyclic) bond motifs is 1. The van der Waals surface area contributed by atoms with Gasteiger partial charge < -0.3 is 5.73 Å². The number of hydrogen-bond donors (Lipinski definition) is 1. The lowest BCUT2D eigenvalue weighted by atomic mass is 10.1. The second-order valence-electron chi connectivity index (χ2n) is 3.99. The van der Waals surface area contributed by atoms with Crippen LogP contribution in [0.15, 0.2) is 24.3 Å². The van der Waals surface area contributed by atoms with Crippen molar-refractivity contribution in [1.82, 2.24) is 24.8 Å². The van der Waals surface area contributed by atoms with E-state index in [9.17, 15) is 0 Å². The lowest BCUT2D eigenvalue weighted by Crippen LogP contribution is -1.96. The normalized spacial score (nSPS) is 11.2. The zero-order chi connectivity index (χ0) is 12.0. The molecule has 0 radical (unpaired) electrons. The molecule has 0 spiro atoms. The van der Waals surface area contributed by atoms with Crippen molar-refractivity contribution in [2.75, 3.05) is 5.73 Å². The van der Waals surface area contributed by atoms with Gasteiger partial charge in [-0.05, 0) is 12.1 Å². The maximum absolute atomic E-state index is 5.77. The van der Waals surface area contributed by atoms with E-state index in [0.717, 1.165) is 22.3 Å². The third-order valence-electron chi connectivity index (χ3n) is 2.82. The van der Waals surface area contributed by atoms with Crippen LogP contribution in [0.5, 0.6) is 0 Å². The second-order valence-corrected chi connectivity index (χ2v) is 3.99. The summed E-state index contributed by atoms with van der Waals surface area (Å²) < 4.78 is 3.39. The smallest absolute Gasteiger partial charge is 0.121 e. The Bertz CT molecular complexity index is 674. The molecule has 0 saturated carbocycles. The van der Waals surface area contributed by atoms with Crippen LogP contribution in [0.3, 0.4) is 0 Å². The van der Waals surface area contributed by atoms with E-state index in [0.29, 0.717) is 5.82 Å². The number of aromatic nitrogens is 5. The van der Waals surface area contributed by atoms with Gasteiger partial charge in [0.2, 0.25) is 0 Å². The summed E-state index contributed by atoms with van der Waals surface area (Å²) in [5.41, 5.74) is 9.49. The van der Waals surface area contributed by atoms with Gasteiger partial charge in [-0.25, -0.2) is 4.68 Å². The van der Waals surface area contributed by atoms with E-state index in [1.54, 1.807) is 9.36 Å². The molecule has 0 atom stereocenters. The molecule has 0 saturated heterocycles. The lowest BCUT2D eigenvalue weighted by Gasteiger charge is -1.97. The first-order valence-electron chi connectivity index (χ1n) is 5.24. The summed E-state index contributed by atoms with van der Waals surface area (Å²) in [5, 5.41) is 12.4. The average Bonchev–Trinajstić information content (AvgIpc) is 2.84. The number of aryl methyl sites for hydroxylation is 2. The monoisotopic (exact) mass is 228 g/mol. The summed E-state index contributed by atoms with van der Waals surface area (Å²) in [7, 11) is 3.69. The molecule has 0 aliphatic heterocycles. The van der Waals surface area contributed by atoms with Gasteiger partial charge in [0.1, 0.15) is 11.3 Å². The van der Waals surface area contributed by atoms with E-state index >= 15 is 0 Å². The summed E-state index contributed by atoms with van der Waals surface area (Å²) in [6, 6.07) is 7.77. The zero-order valence-electron chi connectivity index (χ0n) is 9.62. The van der Waals surface area contributed by atoms with E-state index in [-0.39, 0.29) is 0 Å². The molecule has 2 N–H and O–H groups in total. The van der Waals surface area contributed by atoms with Gasteiger partial charge in [0.15, 0.2) is 0 Å². The number of nitrogens with zero attached hydrogens (tertiary/aromatic N) is 5. The zero-order valence-corrected chi connectivity index (χ0v) is 9.62. The largest absolute Gasteiger partial charge is 0.384 e. The third-order valence-corrected chi connectivity index (χ3v) is 2.82. The molecule has 2 aromatic heterocycles. The molecule has 0 fully saturated rings. The number of nitrogens with two attached hydrogens (primary N) is 1. The summed E-state index contributed by atoms with van der Waals surface area (Å²) in [4.78, 5) is 0. The van der Waals surface area contributed by atoms with Crippen molar-refractivity contribution in [2.45, 2.75) is 0 Å². The van der Waals surface area contributed by atoms with Crippen LogP contribution in [0.4, 0.5) is 5.82 Å². The van der Waals surface area contributed by atoms with Gasteiger partial charge in [0.25, 0.3) is 0 Å². The minimum Gasteiger partial charge on any atom is -0.384 e. The molecule has 6 heteroatoms. The molecule has 2 heterocycles. The van der Waals surface area contributed by atoms with Crippen LogP contribution in [0.2, 0.25) is 0 Å². The highest BCUT2D eigenvalue weighted by Crippen LogP contribution is 2.23. The van der Waals surface area contributed by atoms with Gasteiger partial charge >= 0.3 is 0 Å². The molecule has 6 nitrogen and oxygen atoms in total. The number of anilines is 1. The van der Waals surface area contributed by atoms with Crippen molar-refractivity contribution >= 4 is 16.9 Å². The Hall–Kier alpha value is -2.37. The molecule has 3 aromatic rings. The highest BCUT2D eigenvalue weighted by Gasteiger charge is 2.08. The highest BCUT2D eigenvalue weighted by molar-refractivity contribution is 5.80. The molecule has 17 heavy (non-hydrogen) atoms. The Labute approximate surface area is 97.6 Å². The first-order chi connectivity index (χ1) is 8.15. The minimum absolute atomic E-state index is 0.642. The van der Waals surface area contributed by atoms with E-state index in [4.69, 9.17) is 5.73 Å². The van der Waals surface area contributed by atoms with Gasteiger partial charge in [-0.2, -0.15) is 5.10 Å². The first kappa shape index (κ1) is 9.83. The number of rotatable bonds is 1. The predicted octanol–water partition coefficient (Wildman–Crippen LogP) is 0.951. The van der Waals surface area contributed by atoms with Crippen molar-refractivity contribution < 1.29 is 0 Å². The van der Waals surface area contributed by atoms with E-state index in [1.807, 2.05) is 38.4 Å². The molecular weight excluding hydrogens is 216 g/mol. The van der Waals surface area contributed by atoms with Crippen molar-refractivity contribution in [3.05, 3.63) is 24.3 Å². The van der Waals surface area contributed by atoms with Crippen LogP contribution in [-0.2, 0) is 14.1 Å². The summed E-state index contributed by atoms with van der Waals surface area (Å²) >= 11 is 0. The third kappa shape index (κ3) is 1.45. The molecule has 3 rings (SSSR count). The van der Waals surface area contributed by atoms with Gasteiger partial charge in [-0.15, -0.1) is 5.10 Å². The van der Waals surface area contributed by atoms with Crippen molar-refractivity contribution in [2.24, 2.45) is 14.1 Å². The fraction of sp³-hybridized carbons (Fsp3) is 0.182. The highest BCUT2D eigenvalue weighted by atomic mass is 15.4. The fourth-order valence-corrected chi connectivity index (χ4v) is 1.81. The molecule has 0 unspecified atom stereocenters. The molecular formula is C11H12N6. The SMILES string of the molecule is Cn1nc(-c2ccc3nnn(C)c3c2)cc1N. The van der Waals surface area contributed by atoms with E-state index < -0.39 is 0 Å². The van der Waals surface area contributed by atoms with Crippen LogP contribution in [0, 0.1) is 0 Å². The van der Waals surface area contributed by atoms with Crippen molar-refractivity contribution in [1.29, 1.82) is 0 Å². The van der Waals surface area contributed by atoms with Crippen LogP contribution < -0.4 is 5.73 Å². The molecule has 0 aliphatic rings. The summed E-state index contributed by atoms with van der Waals surface area (Å²) in [6.07, 6.45) is 0. The molecule has 0 aliphatic carbocycles.